The highest BCUT2D eigenvalue weighted by Crippen LogP contribution is 2.38. The fourth-order valence-electron chi connectivity index (χ4n) is 2.37. The van der Waals surface area contributed by atoms with Crippen LogP contribution in [0.3, 0.4) is 0 Å². The number of carbonyl (C=O) groups is 1. The summed E-state index contributed by atoms with van der Waals surface area (Å²) in [5.74, 6) is 1.12. The van der Waals surface area contributed by atoms with Gasteiger partial charge in [0.15, 0.2) is 0 Å². The fourth-order valence-corrected chi connectivity index (χ4v) is 2.67. The van der Waals surface area contributed by atoms with Gasteiger partial charge in [0, 0.05) is 0 Å². The number of oxazole rings is 1. The SMILES string of the molecule is Cc1cnc(CNC(=O)C2(C(N)=S)CCCC2)o1. The van der Waals surface area contributed by atoms with Crippen molar-refractivity contribution in [1.29, 1.82) is 0 Å². The zero-order chi connectivity index (χ0) is 13.2. The van der Waals surface area contributed by atoms with Crippen molar-refractivity contribution in [3.05, 3.63) is 17.8 Å². The van der Waals surface area contributed by atoms with Crippen LogP contribution in [0.2, 0.25) is 0 Å². The molecule has 98 valence electrons. The van der Waals surface area contributed by atoms with E-state index in [0.29, 0.717) is 10.9 Å². The van der Waals surface area contributed by atoms with E-state index < -0.39 is 5.41 Å². The Morgan fingerprint density at radius 2 is 2.28 bits per heavy atom. The number of hydrogen-bond donors (Lipinski definition) is 2. The van der Waals surface area contributed by atoms with Crippen molar-refractivity contribution >= 4 is 23.1 Å². The van der Waals surface area contributed by atoms with Gasteiger partial charge in [-0.3, -0.25) is 4.79 Å². The smallest absolute Gasteiger partial charge is 0.233 e. The van der Waals surface area contributed by atoms with Crippen LogP contribution < -0.4 is 11.1 Å². The van der Waals surface area contributed by atoms with Crippen molar-refractivity contribution < 1.29 is 9.21 Å². The van der Waals surface area contributed by atoms with Gasteiger partial charge < -0.3 is 15.5 Å². The summed E-state index contributed by atoms with van der Waals surface area (Å²) in [6.45, 7) is 2.09. The maximum atomic E-state index is 12.2. The van der Waals surface area contributed by atoms with Crippen LogP contribution in [0.25, 0.3) is 0 Å². The van der Waals surface area contributed by atoms with Crippen molar-refractivity contribution in [1.82, 2.24) is 10.3 Å². The number of rotatable bonds is 4. The molecule has 1 aliphatic carbocycles. The number of amides is 1. The third-order valence-corrected chi connectivity index (χ3v) is 3.82. The quantitative estimate of drug-likeness (QED) is 0.807. The van der Waals surface area contributed by atoms with Gasteiger partial charge >= 0.3 is 0 Å². The van der Waals surface area contributed by atoms with Gasteiger partial charge in [0.05, 0.1) is 23.1 Å². The van der Waals surface area contributed by atoms with Crippen LogP contribution in [0.1, 0.15) is 37.3 Å². The van der Waals surface area contributed by atoms with Crippen molar-refractivity contribution in [3.63, 3.8) is 0 Å². The molecule has 0 aromatic carbocycles. The standard InChI is InChI=1S/C12H17N3O2S/c1-8-6-14-9(17-8)7-15-11(16)12(10(13)18)4-2-3-5-12/h6H,2-5,7H2,1H3,(H2,13,18)(H,15,16). The van der Waals surface area contributed by atoms with Gasteiger partial charge in [-0.2, -0.15) is 0 Å². The van der Waals surface area contributed by atoms with Gasteiger partial charge in [0.25, 0.3) is 0 Å². The summed E-state index contributed by atoms with van der Waals surface area (Å²) in [4.78, 5) is 16.6. The van der Waals surface area contributed by atoms with E-state index in [2.05, 4.69) is 10.3 Å². The highest BCUT2D eigenvalue weighted by Gasteiger charge is 2.43. The fraction of sp³-hybridized carbons (Fsp3) is 0.583. The number of nitrogens with two attached hydrogens (primary N) is 1. The minimum atomic E-state index is -0.670. The topological polar surface area (TPSA) is 81.2 Å². The van der Waals surface area contributed by atoms with E-state index in [1.165, 1.54) is 0 Å². The molecular weight excluding hydrogens is 250 g/mol. The number of carbonyl (C=O) groups excluding carboxylic acids is 1. The second-order valence-corrected chi connectivity index (χ2v) is 5.14. The Kier molecular flexibility index (Phi) is 3.65. The second-order valence-electron chi connectivity index (χ2n) is 4.70. The zero-order valence-electron chi connectivity index (χ0n) is 10.4. The maximum absolute atomic E-state index is 12.2. The van der Waals surface area contributed by atoms with Gasteiger partial charge in [-0.25, -0.2) is 4.98 Å². The monoisotopic (exact) mass is 267 g/mol. The zero-order valence-corrected chi connectivity index (χ0v) is 11.2. The van der Waals surface area contributed by atoms with E-state index in [1.807, 2.05) is 6.92 Å². The van der Waals surface area contributed by atoms with E-state index in [-0.39, 0.29) is 12.5 Å². The molecule has 0 bridgehead atoms. The van der Waals surface area contributed by atoms with Crippen LogP contribution >= 0.6 is 12.2 Å². The number of nitrogens with one attached hydrogen (secondary N) is 1. The molecule has 0 saturated heterocycles. The molecule has 3 N–H and O–H groups in total. The summed E-state index contributed by atoms with van der Waals surface area (Å²) < 4.78 is 5.30. The average molecular weight is 267 g/mol. The van der Waals surface area contributed by atoms with Crippen LogP contribution in [0.15, 0.2) is 10.6 Å². The number of hydrogen-bond acceptors (Lipinski definition) is 4. The molecule has 6 heteroatoms. The first kappa shape index (κ1) is 13.0. The maximum Gasteiger partial charge on any atom is 0.233 e. The van der Waals surface area contributed by atoms with Gasteiger partial charge in [0.2, 0.25) is 11.8 Å². The molecule has 1 aromatic heterocycles. The normalized spacial score (nSPS) is 17.6. The molecule has 0 aliphatic heterocycles. The lowest BCUT2D eigenvalue weighted by Gasteiger charge is -2.25. The van der Waals surface area contributed by atoms with E-state index in [1.54, 1.807) is 6.20 Å². The Balaban J connectivity index is 2.00. The van der Waals surface area contributed by atoms with Gasteiger partial charge in [-0.15, -0.1) is 0 Å². The lowest BCUT2D eigenvalue weighted by atomic mass is 9.85. The molecule has 1 saturated carbocycles. The van der Waals surface area contributed by atoms with E-state index in [0.717, 1.165) is 31.4 Å². The molecule has 2 rings (SSSR count). The first-order valence-corrected chi connectivity index (χ1v) is 6.45. The van der Waals surface area contributed by atoms with Crippen LogP contribution in [-0.4, -0.2) is 15.9 Å². The van der Waals surface area contributed by atoms with Crippen molar-refractivity contribution in [2.24, 2.45) is 11.1 Å². The molecule has 0 unspecified atom stereocenters. The Morgan fingerprint density at radius 1 is 1.61 bits per heavy atom. The number of aromatic nitrogens is 1. The minimum absolute atomic E-state index is 0.108. The van der Waals surface area contributed by atoms with Crippen LogP contribution in [-0.2, 0) is 11.3 Å². The van der Waals surface area contributed by atoms with Crippen LogP contribution in [0.5, 0.6) is 0 Å². The van der Waals surface area contributed by atoms with Crippen molar-refractivity contribution in [3.8, 4) is 0 Å². The molecule has 0 atom stereocenters. The molecule has 1 aliphatic rings. The lowest BCUT2D eigenvalue weighted by Crippen LogP contribution is -2.47. The molecular formula is C12H17N3O2S. The van der Waals surface area contributed by atoms with Gasteiger partial charge in [-0.05, 0) is 19.8 Å². The Bertz CT molecular complexity index is 464. The second kappa shape index (κ2) is 5.06. The molecule has 0 spiro atoms. The summed E-state index contributed by atoms with van der Waals surface area (Å²) >= 11 is 5.06. The number of aryl methyl sites for hydroxylation is 1. The molecule has 1 aromatic rings. The predicted octanol–water partition coefficient (Wildman–Crippen LogP) is 1.45. The highest BCUT2D eigenvalue weighted by molar-refractivity contribution is 7.80. The Labute approximate surface area is 111 Å². The molecule has 1 fully saturated rings. The third-order valence-electron chi connectivity index (χ3n) is 3.43. The largest absolute Gasteiger partial charge is 0.444 e. The molecule has 1 amide bonds. The predicted molar refractivity (Wildman–Crippen MR) is 70.8 cm³/mol. The summed E-state index contributed by atoms with van der Waals surface area (Å²) in [5.41, 5.74) is 5.07. The van der Waals surface area contributed by atoms with Crippen molar-refractivity contribution in [2.45, 2.75) is 39.2 Å². The average Bonchev–Trinajstić information content (AvgIpc) is 2.95. The first-order chi connectivity index (χ1) is 8.54. The summed E-state index contributed by atoms with van der Waals surface area (Å²) in [6, 6.07) is 0. The number of nitrogens with zero attached hydrogens (tertiary/aromatic N) is 1. The minimum Gasteiger partial charge on any atom is -0.444 e. The summed E-state index contributed by atoms with van der Waals surface area (Å²) in [5, 5.41) is 2.81. The highest BCUT2D eigenvalue weighted by atomic mass is 32.1. The molecule has 5 nitrogen and oxygen atoms in total. The van der Waals surface area contributed by atoms with Crippen LogP contribution in [0, 0.1) is 12.3 Å². The lowest BCUT2D eigenvalue weighted by molar-refractivity contribution is -0.127. The van der Waals surface area contributed by atoms with E-state index in [9.17, 15) is 4.79 Å². The van der Waals surface area contributed by atoms with E-state index in [4.69, 9.17) is 22.4 Å². The number of thiocarbonyl (C=S) groups is 1. The van der Waals surface area contributed by atoms with Crippen molar-refractivity contribution in [2.75, 3.05) is 0 Å². The van der Waals surface area contributed by atoms with Gasteiger partial charge in [-0.1, -0.05) is 25.1 Å². The van der Waals surface area contributed by atoms with E-state index >= 15 is 0 Å². The summed E-state index contributed by atoms with van der Waals surface area (Å²) in [7, 11) is 0. The van der Waals surface area contributed by atoms with Crippen LogP contribution in [0.4, 0.5) is 0 Å². The Hall–Kier alpha value is -1.43. The molecule has 0 radical (unpaired) electrons. The molecule has 18 heavy (non-hydrogen) atoms. The molecule has 1 heterocycles. The Morgan fingerprint density at radius 3 is 2.78 bits per heavy atom. The first-order valence-electron chi connectivity index (χ1n) is 6.04. The third kappa shape index (κ3) is 2.38. The summed E-state index contributed by atoms with van der Waals surface area (Å²) in [6.07, 6.45) is 5.07. The van der Waals surface area contributed by atoms with Gasteiger partial charge in [0.1, 0.15) is 5.76 Å².